The Labute approximate surface area is 127 Å². The van der Waals surface area contributed by atoms with Gasteiger partial charge in [-0.1, -0.05) is 24.3 Å². The predicted octanol–water partition coefficient (Wildman–Crippen LogP) is 3.91. The van der Waals surface area contributed by atoms with Crippen molar-refractivity contribution in [3.05, 3.63) is 54.1 Å². The maximum Gasteiger partial charge on any atom is 0.122 e. The molecule has 0 bridgehead atoms. The number of aryl methyl sites for hydroxylation is 1. The summed E-state index contributed by atoms with van der Waals surface area (Å²) in [6.07, 6.45) is 0. The molecule has 0 aliphatic heterocycles. The van der Waals surface area contributed by atoms with E-state index in [1.54, 1.807) is 7.11 Å². The number of methoxy groups -OCH3 is 1. The van der Waals surface area contributed by atoms with Gasteiger partial charge in [0, 0.05) is 18.3 Å². The minimum absolute atomic E-state index is 0.663. The van der Waals surface area contributed by atoms with E-state index < -0.39 is 0 Å². The van der Waals surface area contributed by atoms with Gasteiger partial charge in [0.25, 0.3) is 0 Å². The predicted molar refractivity (Wildman–Crippen MR) is 87.6 cm³/mol. The molecule has 3 heteroatoms. The summed E-state index contributed by atoms with van der Waals surface area (Å²) in [6.45, 7) is 6.65. The van der Waals surface area contributed by atoms with Crippen LogP contribution in [-0.4, -0.2) is 26.8 Å². The number of para-hydroxylation sites is 1. The van der Waals surface area contributed by atoms with E-state index in [0.717, 1.165) is 30.3 Å². The van der Waals surface area contributed by atoms with E-state index in [1.807, 2.05) is 30.3 Å². The molecule has 2 aromatic rings. The molecule has 0 saturated carbocycles. The zero-order valence-electron chi connectivity index (χ0n) is 13.0. The second kappa shape index (κ2) is 7.58. The maximum atomic E-state index is 5.87. The minimum atomic E-state index is 0.663. The van der Waals surface area contributed by atoms with E-state index in [0.29, 0.717) is 6.61 Å². The van der Waals surface area contributed by atoms with Gasteiger partial charge in [0.2, 0.25) is 0 Å². The molecular weight excluding hydrogens is 262 g/mol. The van der Waals surface area contributed by atoms with Gasteiger partial charge in [0.05, 0.1) is 13.7 Å². The van der Waals surface area contributed by atoms with Crippen LogP contribution in [0.1, 0.15) is 12.5 Å². The third-order valence-electron chi connectivity index (χ3n) is 3.51. The summed E-state index contributed by atoms with van der Waals surface area (Å²) in [5.74, 6) is 1.84. The molecule has 3 nitrogen and oxygen atoms in total. The molecule has 0 unspecified atom stereocenters. The summed E-state index contributed by atoms with van der Waals surface area (Å²) in [7, 11) is 1.69. The van der Waals surface area contributed by atoms with Crippen molar-refractivity contribution in [2.24, 2.45) is 0 Å². The standard InChI is InChI=1S/C18H23NO2/c1-4-19(16-9-7-10-17(14-16)20-3)12-13-21-18-11-6-5-8-15(18)2/h5-11,14H,4,12-13H2,1-3H3. The van der Waals surface area contributed by atoms with Crippen LogP contribution in [0.5, 0.6) is 11.5 Å². The smallest absolute Gasteiger partial charge is 0.122 e. The van der Waals surface area contributed by atoms with Crippen molar-refractivity contribution in [3.8, 4) is 11.5 Å². The molecule has 0 radical (unpaired) electrons. The van der Waals surface area contributed by atoms with Crippen LogP contribution in [0.2, 0.25) is 0 Å². The molecule has 2 rings (SSSR count). The first-order valence-electron chi connectivity index (χ1n) is 7.32. The number of hydrogen-bond acceptors (Lipinski definition) is 3. The van der Waals surface area contributed by atoms with Crippen molar-refractivity contribution < 1.29 is 9.47 Å². The molecule has 0 heterocycles. The molecule has 0 aliphatic rings. The number of likely N-dealkylation sites (N-methyl/N-ethyl adjacent to an activating group) is 1. The highest BCUT2D eigenvalue weighted by Gasteiger charge is 2.06. The Balaban J connectivity index is 1.95. The number of benzene rings is 2. The van der Waals surface area contributed by atoms with E-state index in [2.05, 4.69) is 36.9 Å². The van der Waals surface area contributed by atoms with E-state index in [9.17, 15) is 0 Å². The fourth-order valence-corrected chi connectivity index (χ4v) is 2.26. The Morgan fingerprint density at radius 1 is 1.05 bits per heavy atom. The lowest BCUT2D eigenvalue weighted by Gasteiger charge is -2.23. The average Bonchev–Trinajstić information content (AvgIpc) is 2.53. The Kier molecular flexibility index (Phi) is 5.50. The summed E-state index contributed by atoms with van der Waals surface area (Å²) >= 11 is 0. The Bertz CT molecular complexity index is 569. The molecular formula is C18H23NO2. The minimum Gasteiger partial charge on any atom is -0.497 e. The lowest BCUT2D eigenvalue weighted by Crippen LogP contribution is -2.28. The van der Waals surface area contributed by atoms with Crippen molar-refractivity contribution in [1.82, 2.24) is 0 Å². The molecule has 0 amide bonds. The lowest BCUT2D eigenvalue weighted by atomic mass is 10.2. The van der Waals surface area contributed by atoms with E-state index in [4.69, 9.17) is 9.47 Å². The Morgan fingerprint density at radius 2 is 1.86 bits per heavy atom. The van der Waals surface area contributed by atoms with Gasteiger partial charge in [0.15, 0.2) is 0 Å². The number of hydrogen-bond donors (Lipinski definition) is 0. The van der Waals surface area contributed by atoms with Crippen LogP contribution in [0.15, 0.2) is 48.5 Å². The summed E-state index contributed by atoms with van der Waals surface area (Å²) in [4.78, 5) is 2.28. The van der Waals surface area contributed by atoms with Gasteiger partial charge < -0.3 is 14.4 Å². The van der Waals surface area contributed by atoms with Crippen molar-refractivity contribution >= 4 is 5.69 Å². The van der Waals surface area contributed by atoms with E-state index in [1.165, 1.54) is 5.56 Å². The summed E-state index contributed by atoms with van der Waals surface area (Å²) in [5.41, 5.74) is 2.33. The number of nitrogens with zero attached hydrogens (tertiary/aromatic N) is 1. The third-order valence-corrected chi connectivity index (χ3v) is 3.51. The lowest BCUT2D eigenvalue weighted by molar-refractivity contribution is 0.322. The van der Waals surface area contributed by atoms with Gasteiger partial charge in [-0.15, -0.1) is 0 Å². The van der Waals surface area contributed by atoms with Crippen LogP contribution in [0.3, 0.4) is 0 Å². The van der Waals surface area contributed by atoms with Crippen LogP contribution in [0, 0.1) is 6.92 Å². The molecule has 0 fully saturated rings. The van der Waals surface area contributed by atoms with Gasteiger partial charge in [-0.25, -0.2) is 0 Å². The second-order valence-corrected chi connectivity index (χ2v) is 4.90. The zero-order valence-corrected chi connectivity index (χ0v) is 13.0. The van der Waals surface area contributed by atoms with Crippen molar-refractivity contribution in [3.63, 3.8) is 0 Å². The van der Waals surface area contributed by atoms with Gasteiger partial charge in [-0.05, 0) is 37.6 Å². The van der Waals surface area contributed by atoms with Crippen LogP contribution < -0.4 is 14.4 Å². The van der Waals surface area contributed by atoms with Gasteiger partial charge >= 0.3 is 0 Å². The van der Waals surface area contributed by atoms with Crippen molar-refractivity contribution in [2.75, 3.05) is 31.7 Å². The molecule has 112 valence electrons. The number of rotatable bonds is 7. The maximum absolute atomic E-state index is 5.87. The number of anilines is 1. The zero-order chi connectivity index (χ0) is 15.1. The van der Waals surface area contributed by atoms with Crippen LogP contribution >= 0.6 is 0 Å². The fourth-order valence-electron chi connectivity index (χ4n) is 2.26. The van der Waals surface area contributed by atoms with Crippen LogP contribution in [0.4, 0.5) is 5.69 Å². The normalized spacial score (nSPS) is 10.2. The van der Waals surface area contributed by atoms with Crippen molar-refractivity contribution in [2.45, 2.75) is 13.8 Å². The SMILES string of the molecule is CCN(CCOc1ccccc1C)c1cccc(OC)c1. The third kappa shape index (κ3) is 4.15. The summed E-state index contributed by atoms with van der Waals surface area (Å²) in [5, 5.41) is 0. The van der Waals surface area contributed by atoms with Gasteiger partial charge in [-0.3, -0.25) is 0 Å². The fraction of sp³-hybridized carbons (Fsp3) is 0.333. The first kappa shape index (κ1) is 15.2. The molecule has 0 aromatic heterocycles. The van der Waals surface area contributed by atoms with Crippen LogP contribution in [-0.2, 0) is 0 Å². The highest BCUT2D eigenvalue weighted by atomic mass is 16.5. The Morgan fingerprint density at radius 3 is 2.57 bits per heavy atom. The first-order chi connectivity index (χ1) is 10.2. The second-order valence-electron chi connectivity index (χ2n) is 4.90. The van der Waals surface area contributed by atoms with E-state index in [-0.39, 0.29) is 0 Å². The average molecular weight is 285 g/mol. The molecule has 0 spiro atoms. The van der Waals surface area contributed by atoms with Gasteiger partial charge in [-0.2, -0.15) is 0 Å². The highest BCUT2D eigenvalue weighted by molar-refractivity contribution is 5.50. The first-order valence-corrected chi connectivity index (χ1v) is 7.32. The van der Waals surface area contributed by atoms with E-state index >= 15 is 0 Å². The molecule has 0 N–H and O–H groups in total. The topological polar surface area (TPSA) is 21.7 Å². The van der Waals surface area contributed by atoms with Crippen molar-refractivity contribution in [1.29, 1.82) is 0 Å². The molecule has 0 saturated heterocycles. The highest BCUT2D eigenvalue weighted by Crippen LogP contribution is 2.21. The molecule has 2 aromatic carbocycles. The Hall–Kier alpha value is -2.16. The summed E-state index contributed by atoms with van der Waals surface area (Å²) in [6, 6.07) is 16.2. The molecule has 0 atom stereocenters. The molecule has 0 aliphatic carbocycles. The molecule has 21 heavy (non-hydrogen) atoms. The quantitative estimate of drug-likeness (QED) is 0.770. The number of ether oxygens (including phenoxy) is 2. The largest absolute Gasteiger partial charge is 0.497 e. The summed E-state index contributed by atoms with van der Waals surface area (Å²) < 4.78 is 11.2. The monoisotopic (exact) mass is 285 g/mol. The van der Waals surface area contributed by atoms with Crippen LogP contribution in [0.25, 0.3) is 0 Å². The van der Waals surface area contributed by atoms with Gasteiger partial charge in [0.1, 0.15) is 18.1 Å².